The van der Waals surface area contributed by atoms with Crippen molar-refractivity contribution in [2.75, 3.05) is 0 Å². The highest BCUT2D eigenvalue weighted by Crippen LogP contribution is 2.11. The number of carbonyl (C=O) groups is 2. The van der Waals surface area contributed by atoms with Gasteiger partial charge >= 0.3 is 5.97 Å². The number of carboxylic acid groups (broad SMARTS) is 1. The maximum atomic E-state index is 12.4. The highest BCUT2D eigenvalue weighted by atomic mass is 16.4. The molecule has 1 aromatic heterocycles. The van der Waals surface area contributed by atoms with Crippen molar-refractivity contribution in [3.05, 3.63) is 58.0 Å². The Labute approximate surface area is 120 Å². The molecule has 0 fully saturated rings. The molecule has 0 saturated carbocycles. The second-order valence-electron chi connectivity index (χ2n) is 4.48. The van der Waals surface area contributed by atoms with E-state index in [1.54, 1.807) is 30.8 Å². The molecule has 0 atom stereocenters. The van der Waals surface area contributed by atoms with Crippen LogP contribution in [0.5, 0.6) is 0 Å². The van der Waals surface area contributed by atoms with E-state index in [1.165, 1.54) is 10.8 Å². The number of carbonyl (C=O) groups excluding carboxylic acids is 1. The summed E-state index contributed by atoms with van der Waals surface area (Å²) in [6, 6.07) is 9.05. The Bertz CT molecular complexity index is 782. The van der Waals surface area contributed by atoms with Gasteiger partial charge in [0.05, 0.1) is 11.3 Å². The molecule has 2 aromatic rings. The number of aromatic nitrogens is 2. The number of benzene rings is 1. The van der Waals surface area contributed by atoms with Crippen molar-refractivity contribution in [1.29, 1.82) is 0 Å². The predicted molar refractivity (Wildman–Crippen MR) is 77.4 cm³/mol. The maximum absolute atomic E-state index is 12.4. The number of para-hydroxylation sites is 1. The van der Waals surface area contributed by atoms with Gasteiger partial charge in [0, 0.05) is 12.7 Å². The number of aliphatic carboxylic acids is 1. The van der Waals surface area contributed by atoms with E-state index >= 15 is 0 Å². The zero-order valence-corrected chi connectivity index (χ0v) is 11.6. The highest BCUT2D eigenvalue weighted by Gasteiger charge is 2.14. The van der Waals surface area contributed by atoms with Gasteiger partial charge in [-0.15, -0.1) is 0 Å². The van der Waals surface area contributed by atoms with Gasteiger partial charge in [-0.1, -0.05) is 18.2 Å². The quantitative estimate of drug-likeness (QED) is 0.675. The Morgan fingerprint density at radius 2 is 1.81 bits per heavy atom. The number of nitrogens with zero attached hydrogens (tertiary/aromatic N) is 2. The number of ketones is 1. The SMILES string of the molecule is Cc1c(/C=C/C(=O)C(=O)O)c(=O)n(-c2ccccc2)n1C. The minimum atomic E-state index is -1.55. The van der Waals surface area contributed by atoms with Gasteiger partial charge < -0.3 is 5.11 Å². The van der Waals surface area contributed by atoms with Crippen molar-refractivity contribution in [3.63, 3.8) is 0 Å². The molecule has 2 rings (SSSR count). The highest BCUT2D eigenvalue weighted by molar-refractivity contribution is 6.38. The van der Waals surface area contributed by atoms with Gasteiger partial charge in [0.15, 0.2) is 0 Å². The average Bonchev–Trinajstić information content (AvgIpc) is 2.68. The van der Waals surface area contributed by atoms with Crippen LogP contribution in [-0.4, -0.2) is 26.2 Å². The lowest BCUT2D eigenvalue weighted by atomic mass is 10.2. The first-order valence-electron chi connectivity index (χ1n) is 6.23. The zero-order valence-electron chi connectivity index (χ0n) is 11.6. The second-order valence-corrected chi connectivity index (χ2v) is 4.48. The second kappa shape index (κ2) is 5.62. The van der Waals surface area contributed by atoms with E-state index < -0.39 is 11.8 Å². The van der Waals surface area contributed by atoms with Crippen molar-refractivity contribution in [2.45, 2.75) is 6.92 Å². The van der Waals surface area contributed by atoms with E-state index in [-0.39, 0.29) is 11.1 Å². The van der Waals surface area contributed by atoms with E-state index in [1.807, 2.05) is 18.2 Å². The third kappa shape index (κ3) is 2.69. The van der Waals surface area contributed by atoms with E-state index in [2.05, 4.69) is 0 Å². The lowest BCUT2D eigenvalue weighted by molar-refractivity contribution is -0.146. The monoisotopic (exact) mass is 286 g/mol. The van der Waals surface area contributed by atoms with E-state index in [0.29, 0.717) is 11.4 Å². The van der Waals surface area contributed by atoms with Crippen molar-refractivity contribution >= 4 is 17.8 Å². The summed E-state index contributed by atoms with van der Waals surface area (Å²) in [5.41, 5.74) is 1.31. The smallest absolute Gasteiger partial charge is 0.376 e. The molecular formula is C15H14N2O4. The van der Waals surface area contributed by atoms with Crippen LogP contribution in [0.2, 0.25) is 0 Å². The molecule has 21 heavy (non-hydrogen) atoms. The first-order valence-corrected chi connectivity index (χ1v) is 6.23. The molecular weight excluding hydrogens is 272 g/mol. The molecule has 0 aliphatic heterocycles. The molecule has 0 radical (unpaired) electrons. The van der Waals surface area contributed by atoms with Crippen molar-refractivity contribution < 1.29 is 14.7 Å². The molecule has 108 valence electrons. The van der Waals surface area contributed by atoms with Gasteiger partial charge in [0.1, 0.15) is 0 Å². The summed E-state index contributed by atoms with van der Waals surface area (Å²) in [6.07, 6.45) is 2.13. The summed E-state index contributed by atoms with van der Waals surface area (Å²) >= 11 is 0. The molecule has 0 saturated heterocycles. The maximum Gasteiger partial charge on any atom is 0.376 e. The van der Waals surface area contributed by atoms with Crippen LogP contribution >= 0.6 is 0 Å². The van der Waals surface area contributed by atoms with Gasteiger partial charge in [-0.2, -0.15) is 0 Å². The van der Waals surface area contributed by atoms with Crippen molar-refractivity contribution in [3.8, 4) is 5.69 Å². The Morgan fingerprint density at radius 3 is 2.38 bits per heavy atom. The topological polar surface area (TPSA) is 81.3 Å². The Balaban J connectivity index is 2.54. The van der Waals surface area contributed by atoms with E-state index in [0.717, 1.165) is 6.08 Å². The van der Waals surface area contributed by atoms with Crippen LogP contribution in [0.4, 0.5) is 0 Å². The molecule has 0 aliphatic rings. The fraction of sp³-hybridized carbons (Fsp3) is 0.133. The summed E-state index contributed by atoms with van der Waals surface area (Å²) in [5, 5.41) is 8.55. The largest absolute Gasteiger partial charge is 0.475 e. The number of rotatable bonds is 4. The molecule has 6 nitrogen and oxygen atoms in total. The summed E-state index contributed by atoms with van der Waals surface area (Å²) in [4.78, 5) is 34.0. The van der Waals surface area contributed by atoms with Gasteiger partial charge in [-0.25, -0.2) is 9.48 Å². The molecule has 0 unspecified atom stereocenters. The Morgan fingerprint density at radius 1 is 1.19 bits per heavy atom. The lowest BCUT2D eigenvalue weighted by Gasteiger charge is -2.07. The number of carboxylic acids is 1. The molecule has 1 heterocycles. The molecule has 0 aliphatic carbocycles. The van der Waals surface area contributed by atoms with Gasteiger partial charge in [0.25, 0.3) is 11.3 Å². The zero-order chi connectivity index (χ0) is 15.6. The van der Waals surface area contributed by atoms with Crippen LogP contribution in [0, 0.1) is 6.92 Å². The number of hydrogen-bond donors (Lipinski definition) is 1. The predicted octanol–water partition coefficient (Wildman–Crippen LogP) is 1.15. The standard InChI is InChI=1S/C15H14N2O4/c1-10-12(8-9-13(18)15(20)21)14(19)17(16(10)2)11-6-4-3-5-7-11/h3-9H,1-2H3,(H,20,21)/b9-8+. The average molecular weight is 286 g/mol. The molecule has 0 amide bonds. The summed E-state index contributed by atoms with van der Waals surface area (Å²) < 4.78 is 3.11. The third-order valence-electron chi connectivity index (χ3n) is 3.21. The molecule has 0 bridgehead atoms. The summed E-state index contributed by atoms with van der Waals surface area (Å²) in [6.45, 7) is 1.73. The van der Waals surface area contributed by atoms with E-state index in [9.17, 15) is 14.4 Å². The molecule has 1 N–H and O–H groups in total. The summed E-state index contributed by atoms with van der Waals surface area (Å²) in [5.74, 6) is -2.62. The Kier molecular flexibility index (Phi) is 3.89. The molecule has 1 aromatic carbocycles. The number of hydrogen-bond acceptors (Lipinski definition) is 3. The minimum absolute atomic E-state index is 0.288. The van der Waals surface area contributed by atoms with Crippen LogP contribution < -0.4 is 5.56 Å². The lowest BCUT2D eigenvalue weighted by Crippen LogP contribution is -2.20. The van der Waals surface area contributed by atoms with Gasteiger partial charge in [0.2, 0.25) is 0 Å². The van der Waals surface area contributed by atoms with Gasteiger partial charge in [-0.05, 0) is 31.2 Å². The fourth-order valence-corrected chi connectivity index (χ4v) is 2.01. The molecule has 0 spiro atoms. The van der Waals surface area contributed by atoms with Gasteiger partial charge in [-0.3, -0.25) is 14.3 Å². The van der Waals surface area contributed by atoms with E-state index in [4.69, 9.17) is 5.11 Å². The normalized spacial score (nSPS) is 11.0. The fourth-order valence-electron chi connectivity index (χ4n) is 2.01. The van der Waals surface area contributed by atoms with Crippen LogP contribution in [-0.2, 0) is 16.6 Å². The van der Waals surface area contributed by atoms with Crippen molar-refractivity contribution in [2.24, 2.45) is 7.05 Å². The first-order chi connectivity index (χ1) is 9.93. The van der Waals surface area contributed by atoms with Crippen molar-refractivity contribution in [1.82, 2.24) is 9.36 Å². The molecule has 6 heteroatoms. The van der Waals surface area contributed by atoms with Crippen LogP contribution in [0.25, 0.3) is 11.8 Å². The van der Waals surface area contributed by atoms with Crippen LogP contribution in [0.1, 0.15) is 11.3 Å². The first kappa shape index (κ1) is 14.5. The summed E-state index contributed by atoms with van der Waals surface area (Å²) in [7, 11) is 1.72. The minimum Gasteiger partial charge on any atom is -0.475 e. The van der Waals surface area contributed by atoms with Crippen LogP contribution in [0.15, 0.2) is 41.2 Å². The Hall–Kier alpha value is -2.89. The van der Waals surface area contributed by atoms with Crippen LogP contribution in [0.3, 0.4) is 0 Å². The third-order valence-corrected chi connectivity index (χ3v) is 3.21.